The number of rotatable bonds is 5. The Kier molecular flexibility index (Phi) is 4.34. The average Bonchev–Trinajstić information content (AvgIpc) is 3.24. The zero-order valence-corrected chi connectivity index (χ0v) is 13.6. The van der Waals surface area contributed by atoms with Gasteiger partial charge in [-0.2, -0.15) is 0 Å². The van der Waals surface area contributed by atoms with Crippen molar-refractivity contribution in [1.29, 1.82) is 0 Å². The molecule has 2 aliphatic rings. The molecule has 1 aromatic rings. The molecule has 3 nitrogen and oxygen atoms in total. The Balaban J connectivity index is 1.77. The second kappa shape index (κ2) is 6.07. The first-order valence-electron chi connectivity index (χ1n) is 8.30. The molecular weight excluding hydrogens is 258 g/mol. The molecule has 0 bridgehead atoms. The third kappa shape index (κ3) is 3.15. The van der Waals surface area contributed by atoms with Crippen LogP contribution < -0.4 is 5.73 Å². The summed E-state index contributed by atoms with van der Waals surface area (Å²) in [6.45, 7) is 5.35. The molecule has 3 heteroatoms. The summed E-state index contributed by atoms with van der Waals surface area (Å²) >= 11 is 0. The van der Waals surface area contributed by atoms with Crippen LogP contribution in [0.15, 0.2) is 24.3 Å². The van der Waals surface area contributed by atoms with Gasteiger partial charge in [-0.3, -0.25) is 4.90 Å². The molecule has 0 aromatic heterocycles. The molecule has 1 heterocycles. The molecule has 1 aliphatic carbocycles. The maximum Gasteiger partial charge on any atom is 0.0471 e. The summed E-state index contributed by atoms with van der Waals surface area (Å²) in [6.07, 6.45) is 2.72. The Morgan fingerprint density at radius 3 is 2.62 bits per heavy atom. The van der Waals surface area contributed by atoms with Crippen LogP contribution in [-0.4, -0.2) is 49.6 Å². The van der Waals surface area contributed by atoms with E-state index in [0.717, 1.165) is 19.0 Å². The Bertz CT molecular complexity index is 481. The van der Waals surface area contributed by atoms with Gasteiger partial charge >= 0.3 is 0 Å². The lowest BCUT2D eigenvalue weighted by Crippen LogP contribution is -2.36. The van der Waals surface area contributed by atoms with Gasteiger partial charge in [0.25, 0.3) is 0 Å². The van der Waals surface area contributed by atoms with Crippen LogP contribution in [-0.2, 0) is 0 Å². The van der Waals surface area contributed by atoms with Gasteiger partial charge in [0.2, 0.25) is 0 Å². The number of nitrogens with two attached hydrogens (primary N) is 1. The van der Waals surface area contributed by atoms with Crippen LogP contribution in [0.2, 0.25) is 0 Å². The van der Waals surface area contributed by atoms with E-state index in [1.54, 1.807) is 0 Å². The van der Waals surface area contributed by atoms with E-state index < -0.39 is 0 Å². The van der Waals surface area contributed by atoms with E-state index in [1.807, 2.05) is 0 Å². The number of hydrogen-bond donors (Lipinski definition) is 1. The van der Waals surface area contributed by atoms with Gasteiger partial charge < -0.3 is 10.6 Å². The molecule has 0 amide bonds. The lowest BCUT2D eigenvalue weighted by molar-refractivity contribution is 0.219. The molecule has 2 fully saturated rings. The van der Waals surface area contributed by atoms with Crippen molar-refractivity contribution in [3.63, 3.8) is 0 Å². The zero-order valence-electron chi connectivity index (χ0n) is 13.6. The molecular formula is C18H29N3. The number of likely N-dealkylation sites (N-methyl/N-ethyl adjacent to an activating group) is 1. The van der Waals surface area contributed by atoms with Crippen LogP contribution in [0.3, 0.4) is 0 Å². The third-order valence-corrected chi connectivity index (χ3v) is 5.27. The van der Waals surface area contributed by atoms with Crippen LogP contribution in [0.1, 0.15) is 42.9 Å². The molecule has 3 unspecified atom stereocenters. The monoisotopic (exact) mass is 287 g/mol. The van der Waals surface area contributed by atoms with Gasteiger partial charge in [-0.15, -0.1) is 0 Å². The van der Waals surface area contributed by atoms with Crippen molar-refractivity contribution in [3.8, 4) is 0 Å². The minimum atomic E-state index is 0.371. The number of nitrogens with zero attached hydrogens (tertiary/aromatic N) is 2. The molecule has 3 atom stereocenters. The van der Waals surface area contributed by atoms with Crippen LogP contribution in [0.4, 0.5) is 0 Å². The van der Waals surface area contributed by atoms with E-state index >= 15 is 0 Å². The minimum absolute atomic E-state index is 0.371. The van der Waals surface area contributed by atoms with Crippen molar-refractivity contribution < 1.29 is 0 Å². The molecule has 2 N–H and O–H groups in total. The highest BCUT2D eigenvalue weighted by Gasteiger charge is 2.35. The lowest BCUT2D eigenvalue weighted by Gasteiger charge is -2.28. The first-order chi connectivity index (χ1) is 10.1. The molecule has 0 radical (unpaired) electrons. The van der Waals surface area contributed by atoms with Crippen molar-refractivity contribution >= 4 is 0 Å². The van der Waals surface area contributed by atoms with Crippen LogP contribution in [0, 0.1) is 5.92 Å². The Labute approximate surface area is 129 Å². The third-order valence-electron chi connectivity index (χ3n) is 5.27. The summed E-state index contributed by atoms with van der Waals surface area (Å²) in [5, 5.41) is 0. The number of benzene rings is 1. The van der Waals surface area contributed by atoms with Gasteiger partial charge in [0.1, 0.15) is 0 Å². The van der Waals surface area contributed by atoms with E-state index in [0.29, 0.717) is 24.5 Å². The van der Waals surface area contributed by atoms with Crippen molar-refractivity contribution in [2.45, 2.75) is 37.8 Å². The first kappa shape index (κ1) is 15.0. The number of hydrogen-bond acceptors (Lipinski definition) is 3. The van der Waals surface area contributed by atoms with Crippen LogP contribution >= 0.6 is 0 Å². The Morgan fingerprint density at radius 1 is 1.29 bits per heavy atom. The fourth-order valence-corrected chi connectivity index (χ4v) is 3.85. The van der Waals surface area contributed by atoms with E-state index in [-0.39, 0.29) is 0 Å². The van der Waals surface area contributed by atoms with Crippen molar-refractivity contribution in [1.82, 2.24) is 9.80 Å². The number of likely N-dealkylation sites (tertiary alicyclic amines) is 1. The highest BCUT2D eigenvalue weighted by molar-refractivity contribution is 5.31. The van der Waals surface area contributed by atoms with Gasteiger partial charge in [-0.25, -0.2) is 0 Å². The lowest BCUT2D eigenvalue weighted by atomic mass is 10.0. The van der Waals surface area contributed by atoms with Crippen molar-refractivity contribution in [3.05, 3.63) is 35.4 Å². The summed E-state index contributed by atoms with van der Waals surface area (Å²) in [5.41, 5.74) is 9.06. The SMILES string of the molecule is CC1CN(C(CN)c2cccc(C3CC3)c2)CC1N(C)C. The summed E-state index contributed by atoms with van der Waals surface area (Å²) in [6, 6.07) is 10.2. The second-order valence-electron chi connectivity index (χ2n) is 7.16. The highest BCUT2D eigenvalue weighted by atomic mass is 15.3. The molecule has 3 rings (SSSR count). The van der Waals surface area contributed by atoms with Gasteiger partial charge in [-0.1, -0.05) is 31.2 Å². The van der Waals surface area contributed by atoms with E-state index in [2.05, 4.69) is 55.1 Å². The van der Waals surface area contributed by atoms with Gasteiger partial charge in [0, 0.05) is 31.7 Å². The summed E-state index contributed by atoms with van der Waals surface area (Å²) in [7, 11) is 4.38. The molecule has 116 valence electrons. The van der Waals surface area contributed by atoms with E-state index in [1.165, 1.54) is 24.0 Å². The summed E-state index contributed by atoms with van der Waals surface area (Å²) in [4.78, 5) is 4.94. The topological polar surface area (TPSA) is 32.5 Å². The van der Waals surface area contributed by atoms with E-state index in [9.17, 15) is 0 Å². The maximum absolute atomic E-state index is 6.14. The normalized spacial score (nSPS) is 28.2. The quantitative estimate of drug-likeness (QED) is 0.903. The minimum Gasteiger partial charge on any atom is -0.329 e. The fourth-order valence-electron chi connectivity index (χ4n) is 3.85. The molecule has 1 aromatic carbocycles. The maximum atomic E-state index is 6.14. The van der Waals surface area contributed by atoms with Gasteiger partial charge in [0.05, 0.1) is 0 Å². The molecule has 1 aliphatic heterocycles. The van der Waals surface area contributed by atoms with E-state index in [4.69, 9.17) is 5.73 Å². The van der Waals surface area contributed by atoms with Gasteiger partial charge in [-0.05, 0) is 49.9 Å². The van der Waals surface area contributed by atoms with Crippen LogP contribution in [0.25, 0.3) is 0 Å². The average molecular weight is 287 g/mol. The predicted molar refractivity (Wildman–Crippen MR) is 88.4 cm³/mol. The molecule has 1 saturated heterocycles. The van der Waals surface area contributed by atoms with Crippen molar-refractivity contribution in [2.75, 3.05) is 33.7 Å². The standard InChI is InChI=1S/C18H29N3/c1-13-11-21(12-18(13)20(2)3)17(10-19)16-6-4-5-15(9-16)14-7-8-14/h4-6,9,13-14,17-18H,7-8,10-12,19H2,1-3H3. The Hall–Kier alpha value is -0.900. The molecule has 1 saturated carbocycles. The molecule has 0 spiro atoms. The van der Waals surface area contributed by atoms with Crippen LogP contribution in [0.5, 0.6) is 0 Å². The molecule has 21 heavy (non-hydrogen) atoms. The largest absolute Gasteiger partial charge is 0.329 e. The van der Waals surface area contributed by atoms with Gasteiger partial charge in [0.15, 0.2) is 0 Å². The Morgan fingerprint density at radius 2 is 2.05 bits per heavy atom. The first-order valence-corrected chi connectivity index (χ1v) is 8.30. The second-order valence-corrected chi connectivity index (χ2v) is 7.16. The fraction of sp³-hybridized carbons (Fsp3) is 0.667. The smallest absolute Gasteiger partial charge is 0.0471 e. The summed E-state index contributed by atoms with van der Waals surface area (Å²) < 4.78 is 0. The van der Waals surface area contributed by atoms with Crippen molar-refractivity contribution in [2.24, 2.45) is 11.7 Å². The highest BCUT2D eigenvalue weighted by Crippen LogP contribution is 2.41. The summed E-state index contributed by atoms with van der Waals surface area (Å²) in [5.74, 6) is 1.52. The predicted octanol–water partition coefficient (Wildman–Crippen LogP) is 2.45. The zero-order chi connectivity index (χ0) is 15.0.